The minimum Gasteiger partial charge on any atom is -0.339 e. The molecule has 160 valence electrons. The number of nitrogens with one attached hydrogen (secondary N) is 1. The van der Waals surface area contributed by atoms with Crippen LogP contribution in [-0.4, -0.2) is 63.4 Å². The molecule has 7 heteroatoms. The molecule has 0 aromatic heterocycles. The van der Waals surface area contributed by atoms with E-state index in [1.54, 1.807) is 23.1 Å². The van der Waals surface area contributed by atoms with Crippen LogP contribution in [0.2, 0.25) is 0 Å². The molecule has 2 aromatic carbocycles. The van der Waals surface area contributed by atoms with Crippen LogP contribution in [0, 0.1) is 13.8 Å². The van der Waals surface area contributed by atoms with Gasteiger partial charge in [-0.1, -0.05) is 48.6 Å². The van der Waals surface area contributed by atoms with Crippen molar-refractivity contribution < 1.29 is 13.2 Å². The molecule has 1 amide bonds. The minimum absolute atomic E-state index is 0.188. The van der Waals surface area contributed by atoms with Crippen molar-refractivity contribution in [3.8, 4) is 0 Å². The van der Waals surface area contributed by atoms with E-state index in [1.165, 1.54) is 5.56 Å². The number of carbonyl (C=O) groups excluding carboxylic acids is 1. The zero-order chi connectivity index (χ0) is 21.6. The van der Waals surface area contributed by atoms with Gasteiger partial charge in [-0.3, -0.25) is 9.69 Å². The first kappa shape index (κ1) is 22.2. The third kappa shape index (κ3) is 6.01. The van der Waals surface area contributed by atoms with Crippen LogP contribution in [-0.2, 0) is 14.8 Å². The normalized spacial score (nSPS) is 15.6. The highest BCUT2D eigenvalue weighted by molar-refractivity contribution is 7.89. The van der Waals surface area contributed by atoms with E-state index in [1.807, 2.05) is 32.0 Å². The first-order chi connectivity index (χ1) is 14.3. The predicted molar refractivity (Wildman–Crippen MR) is 120 cm³/mol. The largest absolute Gasteiger partial charge is 0.339 e. The van der Waals surface area contributed by atoms with Gasteiger partial charge in [-0.05, 0) is 42.7 Å². The van der Waals surface area contributed by atoms with Crippen LogP contribution in [0.1, 0.15) is 16.7 Å². The first-order valence-electron chi connectivity index (χ1n) is 10.1. The van der Waals surface area contributed by atoms with Gasteiger partial charge in [0, 0.05) is 32.7 Å². The van der Waals surface area contributed by atoms with E-state index in [-0.39, 0.29) is 17.3 Å². The summed E-state index contributed by atoms with van der Waals surface area (Å²) < 4.78 is 27.4. The summed E-state index contributed by atoms with van der Waals surface area (Å²) >= 11 is 0. The van der Waals surface area contributed by atoms with Gasteiger partial charge < -0.3 is 4.90 Å². The Hall–Kier alpha value is -2.48. The molecule has 1 fully saturated rings. The summed E-state index contributed by atoms with van der Waals surface area (Å²) in [6, 6.07) is 15.1. The monoisotopic (exact) mass is 427 g/mol. The molecule has 0 atom stereocenters. The number of hydrogen-bond acceptors (Lipinski definition) is 4. The van der Waals surface area contributed by atoms with E-state index in [9.17, 15) is 13.2 Å². The van der Waals surface area contributed by atoms with Crippen molar-refractivity contribution in [1.29, 1.82) is 0 Å². The summed E-state index contributed by atoms with van der Waals surface area (Å²) in [5.74, 6) is -0.193. The number of benzene rings is 2. The SMILES string of the molecule is Cc1ccc(S(=O)(=O)NCC(=O)N2CCN(CC=Cc3ccccc3)CC2)cc1C. The first-order valence-corrected chi connectivity index (χ1v) is 11.6. The third-order valence-corrected chi connectivity index (χ3v) is 6.80. The summed E-state index contributed by atoms with van der Waals surface area (Å²) in [6.07, 6.45) is 4.23. The highest BCUT2D eigenvalue weighted by Gasteiger charge is 2.22. The van der Waals surface area contributed by atoms with Crippen molar-refractivity contribution in [2.45, 2.75) is 18.7 Å². The van der Waals surface area contributed by atoms with Gasteiger partial charge in [-0.15, -0.1) is 0 Å². The van der Waals surface area contributed by atoms with Crippen LogP contribution in [0.3, 0.4) is 0 Å². The Kier molecular flexibility index (Phi) is 7.42. The molecule has 0 spiro atoms. The number of sulfonamides is 1. The van der Waals surface area contributed by atoms with Crippen LogP contribution < -0.4 is 4.72 Å². The molecule has 1 saturated heterocycles. The van der Waals surface area contributed by atoms with Crippen molar-refractivity contribution >= 4 is 22.0 Å². The van der Waals surface area contributed by atoms with Crippen LogP contribution in [0.5, 0.6) is 0 Å². The highest BCUT2D eigenvalue weighted by atomic mass is 32.2. The molecule has 6 nitrogen and oxygen atoms in total. The van der Waals surface area contributed by atoms with Gasteiger partial charge in [0.15, 0.2) is 0 Å². The number of hydrogen-bond donors (Lipinski definition) is 1. The molecule has 2 aromatic rings. The fourth-order valence-electron chi connectivity index (χ4n) is 3.31. The van der Waals surface area contributed by atoms with E-state index in [0.717, 1.165) is 30.8 Å². The zero-order valence-corrected chi connectivity index (χ0v) is 18.4. The Bertz CT molecular complexity index is 996. The Labute approximate surface area is 179 Å². The molecule has 3 rings (SSSR count). The lowest BCUT2D eigenvalue weighted by atomic mass is 10.1. The van der Waals surface area contributed by atoms with Gasteiger partial charge in [0.1, 0.15) is 0 Å². The van der Waals surface area contributed by atoms with E-state index in [2.05, 4.69) is 33.9 Å². The summed E-state index contributed by atoms with van der Waals surface area (Å²) in [5, 5.41) is 0. The number of nitrogens with zero attached hydrogens (tertiary/aromatic N) is 2. The predicted octanol–water partition coefficient (Wildman–Crippen LogP) is 2.44. The smallest absolute Gasteiger partial charge is 0.241 e. The zero-order valence-electron chi connectivity index (χ0n) is 17.5. The molecule has 1 aliphatic heterocycles. The molecular weight excluding hydrogens is 398 g/mol. The van der Waals surface area contributed by atoms with Crippen LogP contribution in [0.15, 0.2) is 59.5 Å². The van der Waals surface area contributed by atoms with Crippen LogP contribution >= 0.6 is 0 Å². The third-order valence-electron chi connectivity index (χ3n) is 5.40. The summed E-state index contributed by atoms with van der Waals surface area (Å²) in [7, 11) is -3.70. The lowest BCUT2D eigenvalue weighted by Gasteiger charge is -2.34. The number of rotatable bonds is 7. The molecule has 0 unspecified atom stereocenters. The average Bonchev–Trinajstić information content (AvgIpc) is 2.75. The van der Waals surface area contributed by atoms with Gasteiger partial charge in [-0.2, -0.15) is 0 Å². The van der Waals surface area contributed by atoms with Gasteiger partial charge >= 0.3 is 0 Å². The second kappa shape index (κ2) is 10.0. The fraction of sp³-hybridized carbons (Fsp3) is 0.348. The van der Waals surface area contributed by atoms with E-state index in [0.29, 0.717) is 13.1 Å². The molecular formula is C23H29N3O3S. The van der Waals surface area contributed by atoms with E-state index in [4.69, 9.17) is 0 Å². The second-order valence-electron chi connectivity index (χ2n) is 7.57. The standard InChI is InChI=1S/C23H29N3O3S/c1-19-10-11-22(17-20(19)2)30(28,29)24-18-23(27)26-15-13-25(14-16-26)12-6-9-21-7-4-3-5-8-21/h3-11,17,24H,12-16,18H2,1-2H3. The molecule has 1 aliphatic rings. The van der Waals surface area contributed by atoms with Gasteiger partial charge in [0.05, 0.1) is 11.4 Å². The molecule has 0 bridgehead atoms. The number of aryl methyl sites for hydroxylation is 2. The average molecular weight is 428 g/mol. The van der Waals surface area contributed by atoms with Crippen molar-refractivity contribution in [3.05, 3.63) is 71.3 Å². The number of carbonyl (C=O) groups is 1. The quantitative estimate of drug-likeness (QED) is 0.737. The Morgan fingerprint density at radius 1 is 1.00 bits per heavy atom. The fourth-order valence-corrected chi connectivity index (χ4v) is 4.37. The Morgan fingerprint density at radius 2 is 1.70 bits per heavy atom. The minimum atomic E-state index is -3.70. The lowest BCUT2D eigenvalue weighted by Crippen LogP contribution is -2.51. The topological polar surface area (TPSA) is 69.7 Å². The Morgan fingerprint density at radius 3 is 2.37 bits per heavy atom. The maximum atomic E-state index is 12.5. The summed E-state index contributed by atoms with van der Waals surface area (Å²) in [6.45, 7) is 7.16. The van der Waals surface area contributed by atoms with Crippen molar-refractivity contribution in [1.82, 2.24) is 14.5 Å². The van der Waals surface area contributed by atoms with Crippen molar-refractivity contribution in [2.75, 3.05) is 39.3 Å². The highest BCUT2D eigenvalue weighted by Crippen LogP contribution is 2.14. The molecule has 1 heterocycles. The van der Waals surface area contributed by atoms with Crippen molar-refractivity contribution in [2.24, 2.45) is 0 Å². The molecule has 0 aliphatic carbocycles. The number of amides is 1. The van der Waals surface area contributed by atoms with E-state index < -0.39 is 10.0 Å². The maximum Gasteiger partial charge on any atom is 0.241 e. The van der Waals surface area contributed by atoms with Gasteiger partial charge in [-0.25, -0.2) is 13.1 Å². The van der Waals surface area contributed by atoms with Crippen LogP contribution in [0.4, 0.5) is 0 Å². The number of piperazine rings is 1. The van der Waals surface area contributed by atoms with E-state index >= 15 is 0 Å². The maximum absolute atomic E-state index is 12.5. The summed E-state index contributed by atoms with van der Waals surface area (Å²) in [4.78, 5) is 16.7. The van der Waals surface area contributed by atoms with Crippen LogP contribution in [0.25, 0.3) is 6.08 Å². The molecule has 0 radical (unpaired) electrons. The molecule has 0 saturated carbocycles. The molecule has 30 heavy (non-hydrogen) atoms. The Balaban J connectivity index is 1.45. The lowest BCUT2D eigenvalue weighted by molar-refractivity contribution is -0.131. The second-order valence-corrected chi connectivity index (χ2v) is 9.33. The van der Waals surface area contributed by atoms with Crippen molar-refractivity contribution in [3.63, 3.8) is 0 Å². The molecule has 1 N–H and O–H groups in total. The van der Waals surface area contributed by atoms with Gasteiger partial charge in [0.2, 0.25) is 15.9 Å². The van der Waals surface area contributed by atoms with Gasteiger partial charge in [0.25, 0.3) is 0 Å². The summed E-state index contributed by atoms with van der Waals surface area (Å²) in [5.41, 5.74) is 3.10.